The van der Waals surface area contributed by atoms with Crippen LogP contribution < -0.4 is 4.74 Å². The minimum Gasteiger partial charge on any atom is -0.494 e. The standard InChI is InChI=1S/C28H25N3O3S2/c1-2-3-15-33-23-13-11-20(12-14-23)26-21(18-31(29-26)22-8-5-4-6-9-22)17-25-27(32)30(28(35)36-25)19-24-10-7-16-34-24/h4-14,16-18H,2-3,15,19H2,1H3. The average Bonchev–Trinajstić information content (AvgIpc) is 3.63. The Morgan fingerprint density at radius 2 is 1.89 bits per heavy atom. The summed E-state index contributed by atoms with van der Waals surface area (Å²) in [5.74, 6) is 1.38. The van der Waals surface area contributed by atoms with E-state index in [0.29, 0.717) is 28.1 Å². The largest absolute Gasteiger partial charge is 0.494 e. The molecule has 0 aliphatic carbocycles. The number of aromatic nitrogens is 2. The van der Waals surface area contributed by atoms with E-state index >= 15 is 0 Å². The Balaban J connectivity index is 1.47. The molecule has 182 valence electrons. The van der Waals surface area contributed by atoms with Crippen molar-refractivity contribution < 1.29 is 13.9 Å². The third-order valence-corrected chi connectivity index (χ3v) is 7.09. The Labute approximate surface area is 219 Å². The predicted octanol–water partition coefficient (Wildman–Crippen LogP) is 6.71. The Morgan fingerprint density at radius 3 is 2.61 bits per heavy atom. The van der Waals surface area contributed by atoms with Crippen LogP contribution in [0.3, 0.4) is 0 Å². The van der Waals surface area contributed by atoms with Gasteiger partial charge in [0.2, 0.25) is 0 Å². The summed E-state index contributed by atoms with van der Waals surface area (Å²) in [5, 5.41) is 4.87. The van der Waals surface area contributed by atoms with E-state index in [0.717, 1.165) is 41.1 Å². The van der Waals surface area contributed by atoms with Gasteiger partial charge in [-0.15, -0.1) is 0 Å². The lowest BCUT2D eigenvalue weighted by Crippen LogP contribution is -2.27. The summed E-state index contributed by atoms with van der Waals surface area (Å²) < 4.78 is 13.6. The molecular formula is C28H25N3O3S2. The monoisotopic (exact) mass is 515 g/mol. The highest BCUT2D eigenvalue weighted by Crippen LogP contribution is 2.36. The smallest absolute Gasteiger partial charge is 0.266 e. The number of hydrogen-bond acceptors (Lipinski definition) is 6. The normalized spacial score (nSPS) is 14.7. The third-order valence-electron chi connectivity index (χ3n) is 5.71. The van der Waals surface area contributed by atoms with Crippen molar-refractivity contribution in [3.63, 3.8) is 0 Å². The van der Waals surface area contributed by atoms with Gasteiger partial charge >= 0.3 is 0 Å². The van der Waals surface area contributed by atoms with Crippen LogP contribution in [0, 0.1) is 0 Å². The number of ether oxygens (including phenoxy) is 1. The number of benzene rings is 2. The molecule has 0 radical (unpaired) electrons. The first-order valence-electron chi connectivity index (χ1n) is 11.8. The molecule has 2 aromatic carbocycles. The number of rotatable bonds is 9. The molecule has 0 saturated carbocycles. The summed E-state index contributed by atoms with van der Waals surface area (Å²) in [5.41, 5.74) is 3.47. The van der Waals surface area contributed by atoms with Crippen molar-refractivity contribution in [1.82, 2.24) is 14.7 Å². The molecule has 0 bridgehead atoms. The van der Waals surface area contributed by atoms with Gasteiger partial charge in [0.15, 0.2) is 0 Å². The molecule has 0 N–H and O–H groups in total. The van der Waals surface area contributed by atoms with Gasteiger partial charge in [0.05, 0.1) is 35.7 Å². The van der Waals surface area contributed by atoms with Crippen molar-refractivity contribution in [3.8, 4) is 22.7 Å². The summed E-state index contributed by atoms with van der Waals surface area (Å²) in [4.78, 5) is 15.3. The van der Waals surface area contributed by atoms with Gasteiger partial charge in [-0.25, -0.2) is 4.68 Å². The third kappa shape index (κ3) is 5.29. The molecule has 6 nitrogen and oxygen atoms in total. The van der Waals surface area contributed by atoms with Crippen LogP contribution in [0.25, 0.3) is 23.0 Å². The molecule has 0 spiro atoms. The van der Waals surface area contributed by atoms with Gasteiger partial charge in [0.25, 0.3) is 5.91 Å². The highest BCUT2D eigenvalue weighted by molar-refractivity contribution is 8.26. The summed E-state index contributed by atoms with van der Waals surface area (Å²) in [6.45, 7) is 3.15. The van der Waals surface area contributed by atoms with Crippen LogP contribution >= 0.6 is 24.0 Å². The molecule has 1 aliphatic rings. The van der Waals surface area contributed by atoms with E-state index < -0.39 is 0 Å². The fourth-order valence-electron chi connectivity index (χ4n) is 3.81. The van der Waals surface area contributed by atoms with Crippen LogP contribution in [0.1, 0.15) is 31.1 Å². The topological polar surface area (TPSA) is 60.5 Å². The number of furan rings is 1. The molecular weight excluding hydrogens is 490 g/mol. The van der Waals surface area contributed by atoms with E-state index in [1.54, 1.807) is 17.2 Å². The number of thiocarbonyl (C=S) groups is 1. The maximum Gasteiger partial charge on any atom is 0.266 e. The molecule has 1 amide bonds. The summed E-state index contributed by atoms with van der Waals surface area (Å²) in [6.07, 6.45) is 7.51. The fourth-order valence-corrected chi connectivity index (χ4v) is 5.06. The van der Waals surface area contributed by atoms with E-state index in [-0.39, 0.29) is 5.91 Å². The number of carbonyl (C=O) groups excluding carboxylic acids is 1. The Morgan fingerprint density at radius 1 is 1.08 bits per heavy atom. The lowest BCUT2D eigenvalue weighted by molar-refractivity contribution is -0.122. The molecule has 1 aliphatic heterocycles. The van der Waals surface area contributed by atoms with Crippen molar-refractivity contribution in [2.45, 2.75) is 26.3 Å². The van der Waals surface area contributed by atoms with Crippen LogP contribution in [-0.4, -0.2) is 31.5 Å². The second-order valence-corrected chi connectivity index (χ2v) is 9.96. The maximum atomic E-state index is 13.2. The van der Waals surface area contributed by atoms with E-state index in [4.69, 9.17) is 26.5 Å². The summed E-state index contributed by atoms with van der Waals surface area (Å²) >= 11 is 6.79. The number of unbranched alkanes of at least 4 members (excludes halogenated alkanes) is 1. The average molecular weight is 516 g/mol. The van der Waals surface area contributed by atoms with Gasteiger partial charge in [0.1, 0.15) is 15.8 Å². The van der Waals surface area contributed by atoms with Crippen LogP contribution in [0.5, 0.6) is 5.75 Å². The lowest BCUT2D eigenvalue weighted by Gasteiger charge is -2.11. The van der Waals surface area contributed by atoms with Gasteiger partial charge in [-0.05, 0) is 61.0 Å². The van der Waals surface area contributed by atoms with Crippen LogP contribution in [0.4, 0.5) is 0 Å². The van der Waals surface area contributed by atoms with Gasteiger partial charge in [-0.2, -0.15) is 5.10 Å². The molecule has 4 aromatic rings. The lowest BCUT2D eigenvalue weighted by atomic mass is 10.1. The Hall–Kier alpha value is -3.62. The number of nitrogens with zero attached hydrogens (tertiary/aromatic N) is 3. The molecule has 2 aromatic heterocycles. The first-order valence-corrected chi connectivity index (χ1v) is 13.0. The molecule has 0 unspecified atom stereocenters. The van der Waals surface area contributed by atoms with Crippen LogP contribution in [0.15, 0.2) is 88.5 Å². The van der Waals surface area contributed by atoms with Gasteiger partial charge < -0.3 is 9.15 Å². The van der Waals surface area contributed by atoms with Crippen molar-refractivity contribution in [2.75, 3.05) is 6.61 Å². The van der Waals surface area contributed by atoms with Crippen molar-refractivity contribution in [2.24, 2.45) is 0 Å². The molecule has 8 heteroatoms. The fraction of sp³-hybridized carbons (Fsp3) is 0.179. The maximum absolute atomic E-state index is 13.2. The molecule has 0 atom stereocenters. The SMILES string of the molecule is CCCCOc1ccc(-c2nn(-c3ccccc3)cc2C=C2SC(=S)N(Cc3ccco3)C2=O)cc1. The zero-order chi connectivity index (χ0) is 24.9. The van der Waals surface area contributed by atoms with Gasteiger partial charge in [-0.1, -0.05) is 55.5 Å². The minimum atomic E-state index is -0.139. The molecule has 1 saturated heterocycles. The molecule has 3 heterocycles. The number of para-hydroxylation sites is 1. The molecule has 1 fully saturated rings. The van der Waals surface area contributed by atoms with E-state index in [9.17, 15) is 4.79 Å². The van der Waals surface area contributed by atoms with E-state index in [2.05, 4.69) is 6.92 Å². The second-order valence-electron chi connectivity index (χ2n) is 8.29. The minimum absolute atomic E-state index is 0.139. The van der Waals surface area contributed by atoms with Crippen LogP contribution in [-0.2, 0) is 11.3 Å². The summed E-state index contributed by atoms with van der Waals surface area (Å²) in [6, 6.07) is 21.4. The molecule has 36 heavy (non-hydrogen) atoms. The van der Waals surface area contributed by atoms with E-state index in [1.807, 2.05) is 77.6 Å². The molecule has 5 rings (SSSR count). The van der Waals surface area contributed by atoms with Gasteiger partial charge in [-0.3, -0.25) is 9.69 Å². The van der Waals surface area contributed by atoms with Gasteiger partial charge in [0, 0.05) is 17.3 Å². The predicted molar refractivity (Wildman–Crippen MR) is 147 cm³/mol. The van der Waals surface area contributed by atoms with Crippen LogP contribution in [0.2, 0.25) is 0 Å². The second kappa shape index (κ2) is 11.0. The highest BCUT2D eigenvalue weighted by Gasteiger charge is 2.33. The Kier molecular flexibility index (Phi) is 7.34. The zero-order valence-electron chi connectivity index (χ0n) is 19.8. The highest BCUT2D eigenvalue weighted by atomic mass is 32.2. The van der Waals surface area contributed by atoms with Crippen molar-refractivity contribution in [3.05, 3.63) is 95.4 Å². The van der Waals surface area contributed by atoms with Crippen molar-refractivity contribution >= 4 is 40.3 Å². The quantitative estimate of drug-likeness (QED) is 0.140. The number of amides is 1. The Bertz CT molecular complexity index is 1380. The van der Waals surface area contributed by atoms with Crippen molar-refractivity contribution in [1.29, 1.82) is 0 Å². The zero-order valence-corrected chi connectivity index (χ0v) is 21.4. The number of hydrogen-bond donors (Lipinski definition) is 0. The number of thioether (sulfide) groups is 1. The summed E-state index contributed by atoms with van der Waals surface area (Å²) in [7, 11) is 0. The van der Waals surface area contributed by atoms with E-state index in [1.165, 1.54) is 11.8 Å². The first-order chi connectivity index (χ1) is 17.6. The number of carbonyl (C=O) groups is 1. The first kappa shape index (κ1) is 24.1.